The molecule has 0 radical (unpaired) electrons. The van der Waals surface area contributed by atoms with E-state index in [1.54, 1.807) is 18.3 Å². The van der Waals surface area contributed by atoms with Crippen LogP contribution in [0.15, 0.2) is 91.1 Å². The molecule has 0 aliphatic carbocycles. The largest absolute Gasteiger partial charge is 0.421 e. The molecular weight excluding hydrogens is 338 g/mol. The highest BCUT2D eigenvalue weighted by Gasteiger charge is 2.20. The van der Waals surface area contributed by atoms with Gasteiger partial charge in [0.1, 0.15) is 5.75 Å². The lowest BCUT2D eigenvalue weighted by molar-refractivity contribution is 0.207. The lowest BCUT2D eigenvalue weighted by Crippen LogP contribution is -2.33. The molecule has 0 N–H and O–H groups in total. The molecule has 5 heteroatoms. The second-order valence-electron chi connectivity index (χ2n) is 5.97. The molecule has 132 valence electrons. The van der Waals surface area contributed by atoms with Gasteiger partial charge in [-0.15, -0.1) is 0 Å². The van der Waals surface area contributed by atoms with Crippen molar-refractivity contribution < 1.29 is 9.53 Å². The summed E-state index contributed by atoms with van der Waals surface area (Å²) in [5.41, 5.74) is 2.47. The predicted octanol–water partition coefficient (Wildman–Crippen LogP) is 4.84. The molecule has 1 aromatic heterocycles. The molecule has 0 spiro atoms. The van der Waals surface area contributed by atoms with Gasteiger partial charge in [0, 0.05) is 0 Å². The van der Waals surface area contributed by atoms with Crippen LogP contribution in [-0.2, 0) is 6.54 Å². The third kappa shape index (κ3) is 3.93. The minimum absolute atomic E-state index is 0.333. The lowest BCUT2D eigenvalue weighted by atomic mass is 10.2. The Hall–Kier alpha value is -3.73. The van der Waals surface area contributed by atoms with Gasteiger partial charge in [0.25, 0.3) is 0 Å². The maximum Gasteiger partial charge on any atom is 0.421 e. The first-order valence-electron chi connectivity index (χ1n) is 8.60. The number of carbonyl (C=O) groups excluding carboxylic acids is 1. The summed E-state index contributed by atoms with van der Waals surface area (Å²) in [7, 11) is 0. The average molecular weight is 355 g/mol. The number of hydrogen-bond acceptors (Lipinski definition) is 4. The number of rotatable bonds is 4. The number of anilines is 1. The van der Waals surface area contributed by atoms with E-state index in [1.807, 2.05) is 72.8 Å². The Kier molecular flexibility index (Phi) is 4.74. The Balaban J connectivity index is 1.68. The Morgan fingerprint density at radius 1 is 0.815 bits per heavy atom. The van der Waals surface area contributed by atoms with Crippen molar-refractivity contribution in [3.8, 4) is 5.75 Å². The van der Waals surface area contributed by atoms with Gasteiger partial charge in [-0.25, -0.2) is 9.78 Å². The monoisotopic (exact) mass is 355 g/mol. The molecule has 0 aliphatic heterocycles. The first kappa shape index (κ1) is 16.7. The Bertz CT molecular complexity index is 1050. The molecule has 3 aromatic carbocycles. The summed E-state index contributed by atoms with van der Waals surface area (Å²) in [6.45, 7) is 0.333. The van der Waals surface area contributed by atoms with Crippen molar-refractivity contribution in [3.05, 3.63) is 96.7 Å². The molecule has 0 saturated heterocycles. The van der Waals surface area contributed by atoms with Crippen molar-refractivity contribution in [3.63, 3.8) is 0 Å². The van der Waals surface area contributed by atoms with Gasteiger partial charge in [-0.3, -0.25) is 9.88 Å². The van der Waals surface area contributed by atoms with Gasteiger partial charge in [0.2, 0.25) is 0 Å². The molecule has 0 atom stereocenters. The van der Waals surface area contributed by atoms with Gasteiger partial charge < -0.3 is 4.74 Å². The van der Waals surface area contributed by atoms with Crippen LogP contribution in [0.4, 0.5) is 10.6 Å². The predicted molar refractivity (Wildman–Crippen MR) is 105 cm³/mol. The highest BCUT2D eigenvalue weighted by atomic mass is 16.6. The smallest absolute Gasteiger partial charge is 0.410 e. The van der Waals surface area contributed by atoms with Crippen LogP contribution in [0.5, 0.6) is 5.75 Å². The zero-order chi connectivity index (χ0) is 18.5. The maximum atomic E-state index is 12.9. The van der Waals surface area contributed by atoms with Gasteiger partial charge in [0.05, 0.1) is 23.8 Å². The molecule has 4 rings (SSSR count). The minimum atomic E-state index is -0.505. The van der Waals surface area contributed by atoms with E-state index in [-0.39, 0.29) is 0 Å². The summed E-state index contributed by atoms with van der Waals surface area (Å²) in [6, 6.07) is 26.3. The van der Waals surface area contributed by atoms with E-state index in [9.17, 15) is 4.79 Å². The fourth-order valence-corrected chi connectivity index (χ4v) is 2.73. The molecule has 27 heavy (non-hydrogen) atoms. The second-order valence-corrected chi connectivity index (χ2v) is 5.97. The fraction of sp³-hybridized carbons (Fsp3) is 0.0455. The SMILES string of the molecule is O=C(Oc1ccccc1)N(Cc1ccccc1)c1cnc2ccccc2n1. The number of fused-ring (bicyclic) bond motifs is 1. The summed E-state index contributed by atoms with van der Waals surface area (Å²) in [5, 5.41) is 0. The number of carbonyl (C=O) groups is 1. The summed E-state index contributed by atoms with van der Waals surface area (Å²) >= 11 is 0. The van der Waals surface area contributed by atoms with E-state index in [0.717, 1.165) is 16.6 Å². The van der Waals surface area contributed by atoms with Gasteiger partial charge in [-0.1, -0.05) is 60.7 Å². The number of para-hydroxylation sites is 3. The maximum absolute atomic E-state index is 12.9. The quantitative estimate of drug-likeness (QED) is 0.526. The highest BCUT2D eigenvalue weighted by Crippen LogP contribution is 2.20. The van der Waals surface area contributed by atoms with Crippen molar-refractivity contribution in [2.45, 2.75) is 6.54 Å². The van der Waals surface area contributed by atoms with Crippen LogP contribution < -0.4 is 9.64 Å². The van der Waals surface area contributed by atoms with E-state index in [1.165, 1.54) is 4.90 Å². The van der Waals surface area contributed by atoms with E-state index >= 15 is 0 Å². The summed E-state index contributed by atoms with van der Waals surface area (Å²) in [5.74, 6) is 0.924. The van der Waals surface area contributed by atoms with Crippen LogP contribution in [0.25, 0.3) is 11.0 Å². The third-order valence-electron chi connectivity index (χ3n) is 4.06. The Morgan fingerprint density at radius 3 is 2.19 bits per heavy atom. The minimum Gasteiger partial charge on any atom is -0.410 e. The number of hydrogen-bond donors (Lipinski definition) is 0. The van der Waals surface area contributed by atoms with Crippen molar-refractivity contribution >= 4 is 22.9 Å². The normalized spacial score (nSPS) is 10.5. The fourth-order valence-electron chi connectivity index (χ4n) is 2.73. The molecule has 0 aliphatic rings. The number of nitrogens with zero attached hydrogens (tertiary/aromatic N) is 3. The summed E-state index contributed by atoms with van der Waals surface area (Å²) < 4.78 is 5.53. The number of ether oxygens (including phenoxy) is 1. The molecule has 1 amide bonds. The molecule has 0 fully saturated rings. The van der Waals surface area contributed by atoms with Gasteiger partial charge >= 0.3 is 6.09 Å². The Labute approximate surface area is 156 Å². The van der Waals surface area contributed by atoms with Crippen LogP contribution in [0, 0.1) is 0 Å². The number of benzene rings is 3. The third-order valence-corrected chi connectivity index (χ3v) is 4.06. The standard InChI is InChI=1S/C22H17N3O2/c26-22(27-18-11-5-2-6-12-18)25(16-17-9-3-1-4-10-17)21-15-23-19-13-7-8-14-20(19)24-21/h1-15H,16H2. The first-order valence-corrected chi connectivity index (χ1v) is 8.60. The van der Waals surface area contributed by atoms with Crippen LogP contribution in [0.2, 0.25) is 0 Å². The summed E-state index contributed by atoms with van der Waals surface area (Å²) in [6.07, 6.45) is 1.09. The van der Waals surface area contributed by atoms with Crippen molar-refractivity contribution in [1.29, 1.82) is 0 Å². The van der Waals surface area contributed by atoms with Crippen molar-refractivity contribution in [2.75, 3.05) is 4.90 Å². The lowest BCUT2D eigenvalue weighted by Gasteiger charge is -2.21. The first-order chi connectivity index (χ1) is 13.3. The molecule has 1 heterocycles. The van der Waals surface area contributed by atoms with E-state index in [2.05, 4.69) is 9.97 Å². The zero-order valence-electron chi connectivity index (χ0n) is 14.5. The molecule has 4 aromatic rings. The van der Waals surface area contributed by atoms with Crippen LogP contribution in [0.3, 0.4) is 0 Å². The molecule has 0 unspecified atom stereocenters. The number of amides is 1. The van der Waals surface area contributed by atoms with E-state index in [4.69, 9.17) is 4.74 Å². The zero-order valence-corrected chi connectivity index (χ0v) is 14.5. The summed E-state index contributed by atoms with van der Waals surface area (Å²) in [4.78, 5) is 23.4. The molecule has 5 nitrogen and oxygen atoms in total. The molecule has 0 saturated carbocycles. The van der Waals surface area contributed by atoms with Crippen LogP contribution in [0.1, 0.15) is 5.56 Å². The van der Waals surface area contributed by atoms with Gasteiger partial charge in [-0.05, 0) is 29.8 Å². The molecule has 0 bridgehead atoms. The van der Waals surface area contributed by atoms with Crippen molar-refractivity contribution in [2.24, 2.45) is 0 Å². The molecular formula is C22H17N3O2. The van der Waals surface area contributed by atoms with Crippen LogP contribution >= 0.6 is 0 Å². The van der Waals surface area contributed by atoms with Gasteiger partial charge in [0.15, 0.2) is 5.82 Å². The van der Waals surface area contributed by atoms with E-state index in [0.29, 0.717) is 18.1 Å². The van der Waals surface area contributed by atoms with E-state index < -0.39 is 6.09 Å². The van der Waals surface area contributed by atoms with Crippen molar-refractivity contribution in [1.82, 2.24) is 9.97 Å². The average Bonchev–Trinajstić information content (AvgIpc) is 2.73. The highest BCUT2D eigenvalue weighted by molar-refractivity contribution is 5.89. The number of aromatic nitrogens is 2. The van der Waals surface area contributed by atoms with Gasteiger partial charge in [-0.2, -0.15) is 0 Å². The topological polar surface area (TPSA) is 55.3 Å². The Morgan fingerprint density at radius 2 is 1.44 bits per heavy atom. The second kappa shape index (κ2) is 7.66. The van der Waals surface area contributed by atoms with Crippen LogP contribution in [-0.4, -0.2) is 16.1 Å².